The molecular formula is C25H23ClN3O2+. The van der Waals surface area contributed by atoms with Gasteiger partial charge in [0, 0.05) is 21.7 Å². The number of benzene rings is 3. The lowest BCUT2D eigenvalue weighted by Crippen LogP contribution is -2.42. The van der Waals surface area contributed by atoms with Crippen LogP contribution >= 0.6 is 11.6 Å². The summed E-state index contributed by atoms with van der Waals surface area (Å²) < 4.78 is 1.75. The number of hydrogen-bond acceptors (Lipinski definition) is 2. The van der Waals surface area contributed by atoms with Crippen LogP contribution in [0.1, 0.15) is 38.7 Å². The summed E-state index contributed by atoms with van der Waals surface area (Å²) in [4.78, 5) is 25.7. The Morgan fingerprint density at radius 1 is 0.935 bits per heavy atom. The Kier molecular flexibility index (Phi) is 5.87. The Labute approximate surface area is 186 Å². The molecule has 4 rings (SSSR count). The van der Waals surface area contributed by atoms with Gasteiger partial charge in [0.15, 0.2) is 6.04 Å². The fraction of sp³-hybridized carbons (Fsp3) is 0.160. The Hall–Kier alpha value is -3.44. The molecule has 2 atom stereocenters. The Morgan fingerprint density at radius 3 is 2.13 bits per heavy atom. The van der Waals surface area contributed by atoms with Crippen molar-refractivity contribution >= 4 is 29.6 Å². The summed E-state index contributed by atoms with van der Waals surface area (Å²) in [5.41, 5.74) is 7.41. The Balaban J connectivity index is 1.69. The second kappa shape index (κ2) is 8.74. The summed E-state index contributed by atoms with van der Waals surface area (Å²) in [6.07, 6.45) is 1.87. The van der Waals surface area contributed by atoms with Crippen LogP contribution in [0, 0.1) is 13.8 Å². The molecule has 0 saturated carbocycles. The maximum absolute atomic E-state index is 12.9. The van der Waals surface area contributed by atoms with Crippen LogP contribution in [0.2, 0.25) is 5.02 Å². The van der Waals surface area contributed by atoms with Crippen LogP contribution in [-0.2, 0) is 4.79 Å². The lowest BCUT2D eigenvalue weighted by Gasteiger charge is -2.15. The van der Waals surface area contributed by atoms with Crippen LogP contribution in [0.15, 0.2) is 72.8 Å². The summed E-state index contributed by atoms with van der Waals surface area (Å²) in [6, 6.07) is 21.4. The van der Waals surface area contributed by atoms with E-state index in [2.05, 4.69) is 10.7 Å². The number of nitrogens with one attached hydrogen (secondary N) is 2. The van der Waals surface area contributed by atoms with Crippen LogP contribution in [0.4, 0.5) is 0 Å². The average molecular weight is 433 g/mol. The van der Waals surface area contributed by atoms with Crippen molar-refractivity contribution in [3.8, 4) is 0 Å². The van der Waals surface area contributed by atoms with Crippen molar-refractivity contribution in [2.24, 2.45) is 0 Å². The first-order chi connectivity index (χ1) is 14.9. The van der Waals surface area contributed by atoms with Crippen molar-refractivity contribution < 1.29 is 14.3 Å². The maximum atomic E-state index is 12.9. The molecule has 1 aliphatic heterocycles. The van der Waals surface area contributed by atoms with Gasteiger partial charge < -0.3 is 5.32 Å². The van der Waals surface area contributed by atoms with E-state index in [0.29, 0.717) is 10.6 Å². The zero-order valence-corrected chi connectivity index (χ0v) is 18.1. The average Bonchev–Trinajstić information content (AvgIpc) is 3.05. The number of hydrazine groups is 1. The van der Waals surface area contributed by atoms with Crippen molar-refractivity contribution in [1.82, 2.24) is 10.7 Å². The summed E-state index contributed by atoms with van der Waals surface area (Å²) in [6.45, 7) is 3.98. The minimum absolute atomic E-state index is 0.274. The van der Waals surface area contributed by atoms with Gasteiger partial charge in [0.1, 0.15) is 0 Å². The summed E-state index contributed by atoms with van der Waals surface area (Å²) >= 11 is 6.07. The van der Waals surface area contributed by atoms with Crippen LogP contribution in [0.3, 0.4) is 0 Å². The third kappa shape index (κ3) is 4.67. The van der Waals surface area contributed by atoms with E-state index < -0.39 is 12.1 Å². The second-order valence-corrected chi connectivity index (χ2v) is 8.17. The number of aryl methyl sites for hydroxylation is 2. The number of hydrazone groups is 1. The summed E-state index contributed by atoms with van der Waals surface area (Å²) in [7, 11) is 0. The van der Waals surface area contributed by atoms with Crippen LogP contribution in [0.25, 0.3) is 0 Å². The van der Waals surface area contributed by atoms with Crippen molar-refractivity contribution in [3.05, 3.63) is 106 Å². The molecule has 2 amide bonds. The quantitative estimate of drug-likeness (QED) is 0.613. The fourth-order valence-electron chi connectivity index (χ4n) is 3.58. The molecule has 0 aromatic heterocycles. The van der Waals surface area contributed by atoms with Crippen molar-refractivity contribution in [1.29, 1.82) is 0 Å². The molecule has 6 heteroatoms. The maximum Gasteiger partial charge on any atom is 0.304 e. The molecule has 0 aliphatic carbocycles. The van der Waals surface area contributed by atoms with Crippen molar-refractivity contribution in [2.75, 3.05) is 0 Å². The predicted molar refractivity (Wildman–Crippen MR) is 121 cm³/mol. The van der Waals surface area contributed by atoms with E-state index >= 15 is 0 Å². The molecular weight excluding hydrogens is 410 g/mol. The van der Waals surface area contributed by atoms with Gasteiger partial charge in [-0.3, -0.25) is 9.59 Å². The van der Waals surface area contributed by atoms with E-state index in [1.165, 1.54) is 0 Å². The first kappa shape index (κ1) is 20.8. The van der Waals surface area contributed by atoms with Gasteiger partial charge in [-0.25, -0.2) is 0 Å². The highest BCUT2D eigenvalue weighted by Crippen LogP contribution is 2.26. The highest BCUT2D eigenvalue weighted by molar-refractivity contribution is 6.30. The Bertz CT molecular complexity index is 1140. The third-order valence-electron chi connectivity index (χ3n) is 5.31. The van der Waals surface area contributed by atoms with E-state index in [1.54, 1.807) is 28.9 Å². The molecule has 3 aromatic carbocycles. The van der Waals surface area contributed by atoms with Crippen molar-refractivity contribution in [3.63, 3.8) is 0 Å². The van der Waals surface area contributed by atoms with E-state index in [9.17, 15) is 9.59 Å². The normalized spacial score (nSPS) is 19.3. The topological polar surface area (TPSA) is 61.2 Å². The largest absolute Gasteiger partial charge is 0.334 e. The monoisotopic (exact) mass is 432 g/mol. The van der Waals surface area contributed by atoms with Crippen LogP contribution in [0.5, 0.6) is 0 Å². The standard InChI is InChI=1S/C25H22ClN3O2/c1-16-3-7-18(8-4-16)15-29-23(19-11-13-21(26)14-12-19)22(25(31)28-29)27-24(30)20-9-5-17(2)6-10-20/h3-15,22-23H,1-2H3,(H-,27,28,30,31)/p+1/b29-15-/t22-,23+/m1/s1. The number of rotatable bonds is 4. The first-order valence-electron chi connectivity index (χ1n) is 10.0. The van der Waals surface area contributed by atoms with Gasteiger partial charge in [-0.2, -0.15) is 0 Å². The molecule has 1 aliphatic rings. The summed E-state index contributed by atoms with van der Waals surface area (Å²) in [5, 5.41) is 3.51. The molecule has 1 saturated heterocycles. The van der Waals surface area contributed by atoms with Crippen molar-refractivity contribution in [2.45, 2.75) is 25.9 Å². The van der Waals surface area contributed by atoms with Gasteiger partial charge in [0.2, 0.25) is 12.3 Å². The highest BCUT2D eigenvalue weighted by Gasteiger charge is 2.47. The van der Waals surface area contributed by atoms with Gasteiger partial charge in [-0.05, 0) is 50.2 Å². The molecule has 0 radical (unpaired) electrons. The molecule has 1 heterocycles. The predicted octanol–water partition coefficient (Wildman–Crippen LogP) is 3.97. The molecule has 156 valence electrons. The molecule has 5 nitrogen and oxygen atoms in total. The molecule has 0 bridgehead atoms. The van der Waals surface area contributed by atoms with E-state index in [4.69, 9.17) is 11.6 Å². The zero-order chi connectivity index (χ0) is 22.0. The van der Waals surface area contributed by atoms with Gasteiger partial charge in [-0.1, -0.05) is 59.1 Å². The molecule has 1 fully saturated rings. The Morgan fingerprint density at radius 2 is 1.52 bits per heavy atom. The molecule has 2 N–H and O–H groups in total. The van der Waals surface area contributed by atoms with Crippen LogP contribution in [-0.4, -0.2) is 28.8 Å². The molecule has 31 heavy (non-hydrogen) atoms. The lowest BCUT2D eigenvalue weighted by atomic mass is 9.99. The highest BCUT2D eigenvalue weighted by atomic mass is 35.5. The zero-order valence-electron chi connectivity index (χ0n) is 17.3. The van der Waals surface area contributed by atoms with E-state index in [-0.39, 0.29) is 11.8 Å². The molecule has 0 spiro atoms. The molecule has 3 aromatic rings. The number of halogens is 1. The number of carbonyl (C=O) groups excluding carboxylic acids is 2. The molecule has 0 unspecified atom stereocenters. The van der Waals surface area contributed by atoms with E-state index in [0.717, 1.165) is 22.3 Å². The lowest BCUT2D eigenvalue weighted by molar-refractivity contribution is -0.596. The van der Waals surface area contributed by atoms with Gasteiger partial charge in [0.05, 0.1) is 0 Å². The third-order valence-corrected chi connectivity index (χ3v) is 5.57. The minimum atomic E-state index is -0.767. The number of nitrogens with zero attached hydrogens (tertiary/aromatic N) is 1. The smallest absolute Gasteiger partial charge is 0.304 e. The second-order valence-electron chi connectivity index (χ2n) is 7.74. The number of carbonyl (C=O) groups is 2. The van der Waals surface area contributed by atoms with Crippen LogP contribution < -0.4 is 10.7 Å². The fourth-order valence-corrected chi connectivity index (χ4v) is 3.71. The number of amides is 2. The van der Waals surface area contributed by atoms with Gasteiger partial charge in [-0.15, -0.1) is 10.1 Å². The summed E-state index contributed by atoms with van der Waals surface area (Å²) in [5.74, 6) is -0.569. The SMILES string of the molecule is Cc1ccc(/C=[N+]2\NC(=O)[C@H](NC(=O)c3ccc(C)cc3)[C@@H]2c2ccc(Cl)cc2)cc1. The van der Waals surface area contributed by atoms with Gasteiger partial charge >= 0.3 is 5.91 Å². The minimum Gasteiger partial charge on any atom is -0.334 e. The van der Waals surface area contributed by atoms with Gasteiger partial charge in [0.25, 0.3) is 5.91 Å². The number of hydrogen-bond donors (Lipinski definition) is 2. The van der Waals surface area contributed by atoms with E-state index in [1.807, 2.05) is 68.6 Å². The first-order valence-corrected chi connectivity index (χ1v) is 10.4.